The van der Waals surface area contributed by atoms with E-state index in [0.29, 0.717) is 29.2 Å². The fourth-order valence-corrected chi connectivity index (χ4v) is 6.57. The third kappa shape index (κ3) is 1.93. The van der Waals surface area contributed by atoms with E-state index in [4.69, 9.17) is 9.47 Å². The standard InChI is InChI=1S/C22H22O4/c23-22(24)17-8-13(5-11-1-4-18-19(6-11)26-10-25-18)16-9-14-7-12-2-3-15(17)21(16)20(12)14/h1-4,6,8,12-16,20-21H,5,7,9-10H2,(H,23,24). The molecule has 0 aromatic heterocycles. The highest BCUT2D eigenvalue weighted by molar-refractivity contribution is 5.88. The highest BCUT2D eigenvalue weighted by atomic mass is 16.7. The number of aliphatic carboxylic acids is 1. The summed E-state index contributed by atoms with van der Waals surface area (Å²) in [5.74, 6) is 4.67. The van der Waals surface area contributed by atoms with Crippen LogP contribution in [0.25, 0.3) is 0 Å². The number of carboxylic acids is 1. The maximum absolute atomic E-state index is 11.9. The molecule has 5 aliphatic rings. The second kappa shape index (κ2) is 5.15. The summed E-state index contributed by atoms with van der Waals surface area (Å²) in [6.45, 7) is 0.286. The molecule has 1 aromatic carbocycles. The number of fused-ring (bicyclic) bond motifs is 1. The van der Waals surface area contributed by atoms with Crippen LogP contribution in [0.1, 0.15) is 18.4 Å². The summed E-state index contributed by atoms with van der Waals surface area (Å²) in [7, 11) is 0. The third-order valence-electron chi connectivity index (χ3n) is 7.57. The van der Waals surface area contributed by atoms with Crippen molar-refractivity contribution in [1.29, 1.82) is 0 Å². The predicted molar refractivity (Wildman–Crippen MR) is 94.8 cm³/mol. The first-order valence-corrected chi connectivity index (χ1v) is 9.71. The van der Waals surface area contributed by atoms with Crippen molar-refractivity contribution in [3.63, 3.8) is 0 Å². The number of benzene rings is 1. The van der Waals surface area contributed by atoms with Crippen LogP contribution in [0.5, 0.6) is 11.5 Å². The highest BCUT2D eigenvalue weighted by Crippen LogP contribution is 2.65. The van der Waals surface area contributed by atoms with Crippen LogP contribution >= 0.6 is 0 Å². The Morgan fingerprint density at radius 2 is 2.00 bits per heavy atom. The van der Waals surface area contributed by atoms with Gasteiger partial charge in [-0.15, -0.1) is 0 Å². The molecule has 2 fully saturated rings. The van der Waals surface area contributed by atoms with Gasteiger partial charge in [-0.2, -0.15) is 0 Å². The Bertz CT molecular complexity index is 854. The Kier molecular flexibility index (Phi) is 2.95. The van der Waals surface area contributed by atoms with Crippen molar-refractivity contribution < 1.29 is 19.4 Å². The fourth-order valence-electron chi connectivity index (χ4n) is 6.57. The summed E-state index contributed by atoms with van der Waals surface area (Å²) in [6, 6.07) is 6.14. The zero-order valence-corrected chi connectivity index (χ0v) is 14.5. The van der Waals surface area contributed by atoms with Crippen molar-refractivity contribution in [3.05, 3.63) is 47.6 Å². The lowest BCUT2D eigenvalue weighted by molar-refractivity contribution is -0.133. The van der Waals surface area contributed by atoms with Crippen molar-refractivity contribution in [2.75, 3.05) is 6.79 Å². The van der Waals surface area contributed by atoms with Gasteiger partial charge in [-0.1, -0.05) is 24.3 Å². The van der Waals surface area contributed by atoms with Crippen LogP contribution in [0.3, 0.4) is 0 Å². The van der Waals surface area contributed by atoms with E-state index in [1.54, 1.807) is 0 Å². The van der Waals surface area contributed by atoms with Crippen molar-refractivity contribution >= 4 is 5.97 Å². The van der Waals surface area contributed by atoms with Gasteiger partial charge in [-0.25, -0.2) is 4.79 Å². The Labute approximate surface area is 152 Å². The second-order valence-corrected chi connectivity index (χ2v) is 8.61. The normalized spacial score (nSPS) is 40.6. The van der Waals surface area contributed by atoms with Crippen LogP contribution in [0.2, 0.25) is 0 Å². The van der Waals surface area contributed by atoms with Crippen molar-refractivity contribution in [3.8, 4) is 11.5 Å². The molecule has 0 bridgehead atoms. The topological polar surface area (TPSA) is 55.8 Å². The molecule has 1 heterocycles. The van der Waals surface area contributed by atoms with Gasteiger partial charge >= 0.3 is 5.97 Å². The first-order valence-electron chi connectivity index (χ1n) is 9.71. The van der Waals surface area contributed by atoms with Gasteiger partial charge in [-0.05, 0) is 72.5 Å². The van der Waals surface area contributed by atoms with Gasteiger partial charge in [0.1, 0.15) is 0 Å². The van der Waals surface area contributed by atoms with Crippen molar-refractivity contribution in [1.82, 2.24) is 0 Å². The van der Waals surface area contributed by atoms with Gasteiger partial charge in [-0.3, -0.25) is 0 Å². The van der Waals surface area contributed by atoms with Gasteiger partial charge in [0.15, 0.2) is 11.5 Å². The maximum Gasteiger partial charge on any atom is 0.331 e. The number of carboxylic acid groups (broad SMARTS) is 1. The van der Waals surface area contributed by atoms with Gasteiger partial charge in [0, 0.05) is 11.5 Å². The average Bonchev–Trinajstić information content (AvgIpc) is 3.19. The van der Waals surface area contributed by atoms with Crippen LogP contribution in [-0.4, -0.2) is 17.9 Å². The quantitative estimate of drug-likeness (QED) is 0.845. The largest absolute Gasteiger partial charge is 0.478 e. The third-order valence-corrected chi connectivity index (χ3v) is 7.57. The van der Waals surface area contributed by atoms with E-state index in [2.05, 4.69) is 30.4 Å². The molecule has 7 unspecified atom stereocenters. The lowest BCUT2D eigenvalue weighted by atomic mass is 9.55. The number of carbonyl (C=O) groups is 1. The van der Waals surface area contributed by atoms with Crippen LogP contribution in [0, 0.1) is 41.4 Å². The van der Waals surface area contributed by atoms with E-state index in [9.17, 15) is 9.90 Å². The predicted octanol–water partition coefficient (Wildman–Crippen LogP) is 3.67. The molecule has 0 saturated heterocycles. The lowest BCUT2D eigenvalue weighted by Gasteiger charge is -2.49. The summed E-state index contributed by atoms with van der Waals surface area (Å²) < 4.78 is 10.9. The monoisotopic (exact) mass is 350 g/mol. The molecule has 0 spiro atoms. The minimum Gasteiger partial charge on any atom is -0.478 e. The lowest BCUT2D eigenvalue weighted by Crippen LogP contribution is -2.44. The summed E-state index contributed by atoms with van der Waals surface area (Å²) in [5.41, 5.74) is 1.83. The van der Waals surface area contributed by atoms with E-state index >= 15 is 0 Å². The Hall–Kier alpha value is -2.23. The molecule has 4 aliphatic carbocycles. The summed E-state index contributed by atoms with van der Waals surface area (Å²) >= 11 is 0. The fraction of sp³-hybridized carbons (Fsp3) is 0.500. The highest BCUT2D eigenvalue weighted by Gasteiger charge is 2.59. The molecule has 1 aromatic rings. The second-order valence-electron chi connectivity index (χ2n) is 8.61. The number of rotatable bonds is 3. The molecule has 0 radical (unpaired) electrons. The zero-order chi connectivity index (χ0) is 17.4. The van der Waals surface area contributed by atoms with Gasteiger partial charge in [0.2, 0.25) is 6.79 Å². The van der Waals surface area contributed by atoms with Gasteiger partial charge in [0.05, 0.1) is 0 Å². The van der Waals surface area contributed by atoms with Crippen molar-refractivity contribution in [2.24, 2.45) is 41.4 Å². The van der Waals surface area contributed by atoms with Crippen LogP contribution in [-0.2, 0) is 11.2 Å². The molecule has 1 aliphatic heterocycles. The Morgan fingerprint density at radius 3 is 2.88 bits per heavy atom. The first-order chi connectivity index (χ1) is 12.7. The molecule has 2 saturated carbocycles. The van der Waals surface area contributed by atoms with Crippen LogP contribution in [0.4, 0.5) is 0 Å². The number of hydrogen-bond donors (Lipinski definition) is 1. The molecule has 26 heavy (non-hydrogen) atoms. The molecule has 1 N–H and O–H groups in total. The van der Waals surface area contributed by atoms with Crippen LogP contribution in [0.15, 0.2) is 42.0 Å². The van der Waals surface area contributed by atoms with Gasteiger partial charge in [0.25, 0.3) is 0 Å². The number of allylic oxidation sites excluding steroid dienone is 3. The number of hydrogen-bond acceptors (Lipinski definition) is 3. The SMILES string of the molecule is O=C(O)C1=CC(Cc2ccc3c(c2)OCO3)C2CC3CC4C=CC1C2C43. The van der Waals surface area contributed by atoms with Crippen molar-refractivity contribution in [2.45, 2.75) is 19.3 Å². The summed E-state index contributed by atoms with van der Waals surface area (Å²) in [4.78, 5) is 11.9. The van der Waals surface area contributed by atoms with E-state index in [1.807, 2.05) is 6.07 Å². The van der Waals surface area contributed by atoms with E-state index < -0.39 is 5.97 Å². The Morgan fingerprint density at radius 1 is 1.12 bits per heavy atom. The zero-order valence-electron chi connectivity index (χ0n) is 14.5. The minimum atomic E-state index is -0.741. The molecular formula is C22H22O4. The van der Waals surface area contributed by atoms with E-state index in [-0.39, 0.29) is 12.7 Å². The molecular weight excluding hydrogens is 328 g/mol. The summed E-state index contributed by atoms with van der Waals surface area (Å²) in [6.07, 6.45) is 10.0. The molecule has 4 heteroatoms. The molecule has 4 nitrogen and oxygen atoms in total. The molecule has 134 valence electrons. The minimum absolute atomic E-state index is 0.122. The number of ether oxygens (including phenoxy) is 2. The average molecular weight is 350 g/mol. The van der Waals surface area contributed by atoms with E-state index in [0.717, 1.165) is 29.8 Å². The molecule has 7 atom stereocenters. The first kappa shape index (κ1) is 14.9. The maximum atomic E-state index is 11.9. The molecule has 0 amide bonds. The van der Waals surface area contributed by atoms with E-state index in [1.165, 1.54) is 18.4 Å². The smallest absolute Gasteiger partial charge is 0.331 e. The molecule has 6 rings (SSSR count). The Balaban J connectivity index is 1.37. The van der Waals surface area contributed by atoms with Gasteiger partial charge < -0.3 is 14.6 Å². The summed E-state index contributed by atoms with van der Waals surface area (Å²) in [5, 5.41) is 9.82. The van der Waals surface area contributed by atoms with Crippen LogP contribution < -0.4 is 9.47 Å².